The van der Waals surface area contributed by atoms with E-state index in [4.69, 9.17) is 10.5 Å². The van der Waals surface area contributed by atoms with Crippen LogP contribution < -0.4 is 0 Å². The smallest absolute Gasteiger partial charge is 0.180 e. The Hall–Kier alpha value is -2.44. The lowest BCUT2D eigenvalue weighted by Gasteiger charge is -2.08. The number of hydrogen-bond donors (Lipinski definition) is 0. The third-order valence-electron chi connectivity index (χ3n) is 2.46. The fourth-order valence-corrected chi connectivity index (χ4v) is 2.49. The molecule has 0 aromatic heterocycles. The van der Waals surface area contributed by atoms with Crippen molar-refractivity contribution >= 4 is 11.8 Å². The third-order valence-corrected chi connectivity index (χ3v) is 3.56. The average Bonchev–Trinajstić information content (AvgIpc) is 2.46. The van der Waals surface area contributed by atoms with Crippen molar-refractivity contribution in [3.8, 4) is 12.1 Å². The van der Waals surface area contributed by atoms with Crippen LogP contribution in [0.5, 0.6) is 0 Å². The number of benzene rings is 2. The highest BCUT2D eigenvalue weighted by molar-refractivity contribution is 7.99. The van der Waals surface area contributed by atoms with Crippen LogP contribution in [0.25, 0.3) is 0 Å². The summed E-state index contributed by atoms with van der Waals surface area (Å²) in [6.07, 6.45) is 0. The van der Waals surface area contributed by atoms with Crippen molar-refractivity contribution in [3.63, 3.8) is 0 Å². The highest BCUT2D eigenvalue weighted by Crippen LogP contribution is 2.36. The van der Waals surface area contributed by atoms with Crippen LogP contribution in [-0.4, -0.2) is 0 Å². The summed E-state index contributed by atoms with van der Waals surface area (Å²) in [5, 5.41) is 17.5. The van der Waals surface area contributed by atoms with Gasteiger partial charge >= 0.3 is 0 Å². The normalized spacial score (nSPS) is 9.85. The van der Waals surface area contributed by atoms with Crippen molar-refractivity contribution in [3.05, 3.63) is 58.9 Å². The van der Waals surface area contributed by atoms with Crippen molar-refractivity contribution in [1.82, 2.24) is 0 Å². The Morgan fingerprint density at radius 2 is 1.40 bits per heavy atom. The Bertz CT molecular complexity index is 746. The number of halogens is 3. The molecule has 20 heavy (non-hydrogen) atoms. The minimum atomic E-state index is -1.58. The summed E-state index contributed by atoms with van der Waals surface area (Å²) in [5.74, 6) is -4.32. The van der Waals surface area contributed by atoms with E-state index in [-0.39, 0.29) is 0 Å². The summed E-state index contributed by atoms with van der Waals surface area (Å²) in [4.78, 5) is 0.0547. The Morgan fingerprint density at radius 3 is 1.95 bits per heavy atom. The summed E-state index contributed by atoms with van der Waals surface area (Å²) in [6, 6.07) is 11.0. The van der Waals surface area contributed by atoms with E-state index in [0.29, 0.717) is 4.90 Å². The van der Waals surface area contributed by atoms with Crippen LogP contribution in [0.15, 0.2) is 40.1 Å². The fourth-order valence-electron chi connectivity index (χ4n) is 1.54. The summed E-state index contributed by atoms with van der Waals surface area (Å²) >= 11 is 0.726. The molecule has 0 aliphatic rings. The van der Waals surface area contributed by atoms with Gasteiger partial charge in [-0.15, -0.1) is 0 Å². The van der Waals surface area contributed by atoms with Gasteiger partial charge in [0.15, 0.2) is 17.5 Å². The predicted octanol–water partition coefficient (Wildman–Crippen LogP) is 4.00. The summed E-state index contributed by atoms with van der Waals surface area (Å²) < 4.78 is 41.3. The fraction of sp³-hybridized carbons (Fsp3) is 0. The second kappa shape index (κ2) is 5.68. The van der Waals surface area contributed by atoms with Crippen LogP contribution in [0, 0.1) is 40.1 Å². The van der Waals surface area contributed by atoms with E-state index >= 15 is 0 Å². The van der Waals surface area contributed by atoms with Crippen LogP contribution in [0.4, 0.5) is 13.2 Å². The van der Waals surface area contributed by atoms with Crippen molar-refractivity contribution < 1.29 is 13.2 Å². The van der Waals surface area contributed by atoms with Gasteiger partial charge in [0.1, 0.15) is 23.3 Å². The van der Waals surface area contributed by atoms with Gasteiger partial charge in [-0.25, -0.2) is 13.2 Å². The zero-order valence-electron chi connectivity index (χ0n) is 9.82. The minimum absolute atomic E-state index is 0.465. The Morgan fingerprint density at radius 1 is 0.800 bits per heavy atom. The lowest BCUT2D eigenvalue weighted by atomic mass is 10.1. The Labute approximate surface area is 117 Å². The first kappa shape index (κ1) is 14.0. The molecule has 6 heteroatoms. The van der Waals surface area contributed by atoms with Gasteiger partial charge in [-0.1, -0.05) is 30.0 Å². The first-order valence-electron chi connectivity index (χ1n) is 5.33. The van der Waals surface area contributed by atoms with E-state index < -0.39 is 33.5 Å². The van der Waals surface area contributed by atoms with E-state index in [0.717, 1.165) is 11.8 Å². The van der Waals surface area contributed by atoms with Crippen molar-refractivity contribution in [1.29, 1.82) is 10.5 Å². The van der Waals surface area contributed by atoms with Crippen LogP contribution in [-0.2, 0) is 0 Å². The number of rotatable bonds is 2. The highest BCUT2D eigenvalue weighted by Gasteiger charge is 2.25. The largest absolute Gasteiger partial charge is 0.204 e. The van der Waals surface area contributed by atoms with Crippen molar-refractivity contribution in [2.45, 2.75) is 9.79 Å². The Kier molecular flexibility index (Phi) is 3.97. The average molecular weight is 290 g/mol. The second-order valence-corrected chi connectivity index (χ2v) is 4.74. The zero-order valence-corrected chi connectivity index (χ0v) is 10.6. The van der Waals surface area contributed by atoms with E-state index in [1.54, 1.807) is 30.3 Å². The zero-order chi connectivity index (χ0) is 14.7. The maximum atomic E-state index is 13.9. The number of nitriles is 2. The maximum Gasteiger partial charge on any atom is 0.180 e. The van der Waals surface area contributed by atoms with E-state index in [9.17, 15) is 13.2 Å². The molecule has 0 N–H and O–H groups in total. The Balaban J connectivity index is 2.65. The van der Waals surface area contributed by atoms with Gasteiger partial charge in [-0.05, 0) is 12.1 Å². The molecule has 0 fully saturated rings. The molecule has 2 nitrogen and oxygen atoms in total. The molecule has 0 heterocycles. The van der Waals surface area contributed by atoms with Gasteiger partial charge in [0.05, 0.1) is 4.90 Å². The molecule has 0 atom stereocenters. The molecular weight excluding hydrogens is 285 g/mol. The predicted molar refractivity (Wildman–Crippen MR) is 66.3 cm³/mol. The second-order valence-electron chi connectivity index (χ2n) is 3.66. The molecule has 2 aromatic rings. The van der Waals surface area contributed by atoms with Gasteiger partial charge in [-0.3, -0.25) is 0 Å². The summed E-state index contributed by atoms with van der Waals surface area (Å²) in [5.41, 5.74) is -1.76. The number of hydrogen-bond acceptors (Lipinski definition) is 3. The molecule has 2 rings (SSSR count). The van der Waals surface area contributed by atoms with Gasteiger partial charge in [0.2, 0.25) is 0 Å². The van der Waals surface area contributed by atoms with Gasteiger partial charge in [0.25, 0.3) is 0 Å². The maximum absolute atomic E-state index is 13.9. The molecule has 0 bridgehead atoms. The molecule has 2 aromatic carbocycles. The minimum Gasteiger partial charge on any atom is -0.204 e. The molecule has 0 aliphatic carbocycles. The monoisotopic (exact) mass is 290 g/mol. The van der Waals surface area contributed by atoms with Gasteiger partial charge in [-0.2, -0.15) is 10.5 Å². The van der Waals surface area contributed by atoms with Gasteiger partial charge < -0.3 is 0 Å². The first-order valence-corrected chi connectivity index (χ1v) is 6.15. The lowest BCUT2D eigenvalue weighted by Crippen LogP contribution is -2.02. The quantitative estimate of drug-likeness (QED) is 0.785. The van der Waals surface area contributed by atoms with E-state index in [1.165, 1.54) is 12.1 Å². The van der Waals surface area contributed by atoms with Crippen LogP contribution in [0.1, 0.15) is 11.1 Å². The molecular formula is C14H5F3N2S. The highest BCUT2D eigenvalue weighted by atomic mass is 32.2. The molecule has 0 aliphatic heterocycles. The molecule has 0 amide bonds. The number of nitrogens with zero attached hydrogens (tertiary/aromatic N) is 2. The van der Waals surface area contributed by atoms with Gasteiger partial charge in [0, 0.05) is 4.90 Å². The molecule has 0 unspecified atom stereocenters. The lowest BCUT2D eigenvalue weighted by molar-refractivity contribution is 0.472. The van der Waals surface area contributed by atoms with Crippen molar-refractivity contribution in [2.24, 2.45) is 0 Å². The molecule has 0 radical (unpaired) electrons. The van der Waals surface area contributed by atoms with Crippen molar-refractivity contribution in [2.75, 3.05) is 0 Å². The third kappa shape index (κ3) is 2.34. The topological polar surface area (TPSA) is 47.6 Å². The van der Waals surface area contributed by atoms with Crippen LogP contribution in [0.2, 0.25) is 0 Å². The van der Waals surface area contributed by atoms with Crippen LogP contribution in [0.3, 0.4) is 0 Å². The SMILES string of the molecule is N#Cc1c(F)c(F)c(Sc2ccccc2)c(C#N)c1F. The molecule has 0 spiro atoms. The first-order chi connectivity index (χ1) is 9.60. The molecule has 0 saturated heterocycles. The summed E-state index contributed by atoms with van der Waals surface area (Å²) in [7, 11) is 0. The standard InChI is InChI=1S/C14H5F3N2S/c15-11-9(6-18)12(16)13(17)14(10(11)7-19)20-8-4-2-1-3-5-8/h1-5H. The summed E-state index contributed by atoms with van der Waals surface area (Å²) in [6.45, 7) is 0. The molecule has 0 saturated carbocycles. The van der Waals surface area contributed by atoms with E-state index in [2.05, 4.69) is 0 Å². The van der Waals surface area contributed by atoms with Crippen LogP contribution >= 0.6 is 11.8 Å². The molecule has 98 valence electrons. The van der Waals surface area contributed by atoms with E-state index in [1.807, 2.05) is 0 Å².